The minimum Gasteiger partial charge on any atom is -0.380 e. The number of hydrogen-bond acceptors (Lipinski definition) is 2. The first-order chi connectivity index (χ1) is 8.24. The summed E-state index contributed by atoms with van der Waals surface area (Å²) in [7, 11) is 0. The van der Waals surface area contributed by atoms with E-state index in [1.165, 1.54) is 23.1 Å². The maximum Gasteiger partial charge on any atom is 0.0591 e. The molecule has 0 aliphatic carbocycles. The quantitative estimate of drug-likeness (QED) is 0.700. The van der Waals surface area contributed by atoms with Crippen molar-refractivity contribution >= 4 is 0 Å². The van der Waals surface area contributed by atoms with Gasteiger partial charge in [0.1, 0.15) is 0 Å². The van der Waals surface area contributed by atoms with Crippen molar-refractivity contribution in [1.82, 2.24) is 5.32 Å². The first-order valence-corrected chi connectivity index (χ1v) is 6.58. The molecule has 1 rings (SSSR count). The maximum atomic E-state index is 5.61. The lowest BCUT2D eigenvalue weighted by Gasteiger charge is -2.08. The Hall–Kier alpha value is -0.860. The van der Waals surface area contributed by atoms with E-state index in [4.69, 9.17) is 4.74 Å². The van der Waals surface area contributed by atoms with Gasteiger partial charge in [-0.3, -0.25) is 0 Å². The van der Waals surface area contributed by atoms with Crippen LogP contribution in [0.5, 0.6) is 0 Å². The Balaban J connectivity index is 2.14. The fourth-order valence-corrected chi connectivity index (χ4v) is 1.86. The molecule has 0 heterocycles. The lowest BCUT2D eigenvalue weighted by molar-refractivity contribution is 0.139. The van der Waals surface area contributed by atoms with E-state index >= 15 is 0 Å². The van der Waals surface area contributed by atoms with Gasteiger partial charge < -0.3 is 10.1 Å². The molecule has 0 bridgehead atoms. The molecule has 1 aromatic carbocycles. The zero-order chi connectivity index (χ0) is 12.5. The second kappa shape index (κ2) is 8.26. The first-order valence-electron chi connectivity index (χ1n) is 6.58. The van der Waals surface area contributed by atoms with Crippen LogP contribution in [0.25, 0.3) is 0 Å². The van der Waals surface area contributed by atoms with Crippen molar-refractivity contribution in [2.24, 2.45) is 0 Å². The second-order valence-corrected chi connectivity index (χ2v) is 4.54. The number of benzene rings is 1. The van der Waals surface area contributed by atoms with Gasteiger partial charge in [0, 0.05) is 6.54 Å². The van der Waals surface area contributed by atoms with Crippen LogP contribution in [-0.2, 0) is 11.2 Å². The molecule has 0 aromatic heterocycles. The predicted octanol–water partition coefficient (Wildman–Crippen LogP) is 2.86. The fourth-order valence-electron chi connectivity index (χ4n) is 1.86. The van der Waals surface area contributed by atoms with Crippen LogP contribution < -0.4 is 5.32 Å². The SMILES string of the molecule is CCCNCCOCCc1ccc(C)cc1C. The van der Waals surface area contributed by atoms with Crippen LogP contribution in [0.1, 0.15) is 30.0 Å². The molecule has 17 heavy (non-hydrogen) atoms. The highest BCUT2D eigenvalue weighted by Gasteiger charge is 1.98. The number of hydrogen-bond donors (Lipinski definition) is 1. The fraction of sp³-hybridized carbons (Fsp3) is 0.600. The van der Waals surface area contributed by atoms with Gasteiger partial charge in [0.25, 0.3) is 0 Å². The number of aryl methyl sites for hydroxylation is 2. The summed E-state index contributed by atoms with van der Waals surface area (Å²) in [6.07, 6.45) is 2.20. The van der Waals surface area contributed by atoms with Crippen LogP contribution >= 0.6 is 0 Å². The highest BCUT2D eigenvalue weighted by atomic mass is 16.5. The second-order valence-electron chi connectivity index (χ2n) is 4.54. The molecular weight excluding hydrogens is 210 g/mol. The molecule has 1 N–H and O–H groups in total. The van der Waals surface area contributed by atoms with Crippen LogP contribution in [0.2, 0.25) is 0 Å². The van der Waals surface area contributed by atoms with E-state index in [0.717, 1.165) is 32.7 Å². The standard InChI is InChI=1S/C15H25NO/c1-4-8-16-9-11-17-10-7-15-6-5-13(2)12-14(15)3/h5-6,12,16H,4,7-11H2,1-3H3. The summed E-state index contributed by atoms with van der Waals surface area (Å²) >= 11 is 0. The molecule has 0 saturated heterocycles. The van der Waals surface area contributed by atoms with Crippen LogP contribution in [-0.4, -0.2) is 26.3 Å². The zero-order valence-corrected chi connectivity index (χ0v) is 11.4. The van der Waals surface area contributed by atoms with Crippen molar-refractivity contribution in [2.75, 3.05) is 26.3 Å². The monoisotopic (exact) mass is 235 g/mol. The Bertz CT molecular complexity index is 323. The topological polar surface area (TPSA) is 21.3 Å². The van der Waals surface area contributed by atoms with Crippen molar-refractivity contribution in [3.8, 4) is 0 Å². The highest BCUT2D eigenvalue weighted by molar-refractivity contribution is 5.30. The zero-order valence-electron chi connectivity index (χ0n) is 11.4. The maximum absolute atomic E-state index is 5.61. The van der Waals surface area contributed by atoms with E-state index in [1.807, 2.05) is 0 Å². The van der Waals surface area contributed by atoms with Gasteiger partial charge in [0.05, 0.1) is 13.2 Å². The molecule has 0 radical (unpaired) electrons. The van der Waals surface area contributed by atoms with Crippen molar-refractivity contribution in [2.45, 2.75) is 33.6 Å². The molecule has 0 aliphatic rings. The molecule has 0 atom stereocenters. The number of ether oxygens (including phenoxy) is 1. The molecule has 0 saturated carbocycles. The van der Waals surface area contributed by atoms with Gasteiger partial charge in [-0.15, -0.1) is 0 Å². The van der Waals surface area contributed by atoms with E-state index in [0.29, 0.717) is 0 Å². The average molecular weight is 235 g/mol. The molecule has 2 heteroatoms. The van der Waals surface area contributed by atoms with Gasteiger partial charge in [0.15, 0.2) is 0 Å². The summed E-state index contributed by atoms with van der Waals surface area (Å²) in [5, 5.41) is 3.33. The number of nitrogens with one attached hydrogen (secondary N) is 1. The smallest absolute Gasteiger partial charge is 0.0591 e. The van der Waals surface area contributed by atoms with Crippen molar-refractivity contribution in [3.63, 3.8) is 0 Å². The van der Waals surface area contributed by atoms with Gasteiger partial charge in [-0.1, -0.05) is 30.7 Å². The highest BCUT2D eigenvalue weighted by Crippen LogP contribution is 2.10. The van der Waals surface area contributed by atoms with Crippen LogP contribution in [0, 0.1) is 13.8 Å². The largest absolute Gasteiger partial charge is 0.380 e. The lowest BCUT2D eigenvalue weighted by Crippen LogP contribution is -2.20. The Morgan fingerprint density at radius 1 is 1.12 bits per heavy atom. The third kappa shape index (κ3) is 5.85. The molecule has 0 fully saturated rings. The molecule has 2 nitrogen and oxygen atoms in total. The summed E-state index contributed by atoms with van der Waals surface area (Å²) in [6.45, 7) is 10.1. The Labute approximate surface area is 105 Å². The molecular formula is C15H25NO. The molecule has 1 aromatic rings. The van der Waals surface area contributed by atoms with Gasteiger partial charge in [-0.2, -0.15) is 0 Å². The lowest BCUT2D eigenvalue weighted by atomic mass is 10.0. The summed E-state index contributed by atoms with van der Waals surface area (Å²) in [5.41, 5.74) is 4.10. The van der Waals surface area contributed by atoms with Crippen LogP contribution in [0.3, 0.4) is 0 Å². The van der Waals surface area contributed by atoms with Crippen LogP contribution in [0.15, 0.2) is 18.2 Å². The molecule has 0 aliphatic heterocycles. The predicted molar refractivity (Wildman–Crippen MR) is 73.6 cm³/mol. The van der Waals surface area contributed by atoms with Crippen molar-refractivity contribution < 1.29 is 4.74 Å². The number of rotatable bonds is 8. The summed E-state index contributed by atoms with van der Waals surface area (Å²) in [4.78, 5) is 0. The van der Waals surface area contributed by atoms with E-state index in [2.05, 4.69) is 44.3 Å². The molecule has 0 unspecified atom stereocenters. The van der Waals surface area contributed by atoms with Crippen molar-refractivity contribution in [3.05, 3.63) is 34.9 Å². The van der Waals surface area contributed by atoms with E-state index < -0.39 is 0 Å². The third-order valence-corrected chi connectivity index (χ3v) is 2.86. The van der Waals surface area contributed by atoms with Gasteiger partial charge in [0.2, 0.25) is 0 Å². The first kappa shape index (κ1) is 14.2. The minimum absolute atomic E-state index is 0.810. The Kier molecular flexibility index (Phi) is 6.90. The molecule has 0 spiro atoms. The summed E-state index contributed by atoms with van der Waals surface area (Å²) < 4.78 is 5.61. The summed E-state index contributed by atoms with van der Waals surface area (Å²) in [5.74, 6) is 0. The summed E-state index contributed by atoms with van der Waals surface area (Å²) in [6, 6.07) is 6.62. The van der Waals surface area contributed by atoms with E-state index in [1.54, 1.807) is 0 Å². The van der Waals surface area contributed by atoms with E-state index in [9.17, 15) is 0 Å². The minimum atomic E-state index is 0.810. The van der Waals surface area contributed by atoms with Gasteiger partial charge >= 0.3 is 0 Å². The van der Waals surface area contributed by atoms with Crippen molar-refractivity contribution in [1.29, 1.82) is 0 Å². The van der Waals surface area contributed by atoms with Gasteiger partial charge in [-0.25, -0.2) is 0 Å². The normalized spacial score (nSPS) is 10.8. The molecule has 96 valence electrons. The van der Waals surface area contributed by atoms with E-state index in [-0.39, 0.29) is 0 Å². The Morgan fingerprint density at radius 3 is 2.65 bits per heavy atom. The third-order valence-electron chi connectivity index (χ3n) is 2.86. The van der Waals surface area contributed by atoms with Gasteiger partial charge in [-0.05, 0) is 44.4 Å². The average Bonchev–Trinajstić information content (AvgIpc) is 2.30. The molecule has 0 amide bonds. The Morgan fingerprint density at radius 2 is 1.94 bits per heavy atom. The van der Waals surface area contributed by atoms with Crippen LogP contribution in [0.4, 0.5) is 0 Å².